The van der Waals surface area contributed by atoms with Gasteiger partial charge in [-0.05, 0) is 44.4 Å². The van der Waals surface area contributed by atoms with Crippen LogP contribution >= 0.6 is 0 Å². The number of hydrogen-bond acceptors (Lipinski definition) is 0. The molecule has 0 radical (unpaired) electrons. The molecule has 86 valence electrons. The summed E-state index contributed by atoms with van der Waals surface area (Å²) in [7, 11) is 0. The third kappa shape index (κ3) is 4.01. The SMILES string of the molecule is C1=C2CCCCC(CCCC1)CCCC2. The van der Waals surface area contributed by atoms with Crippen LogP contribution in [0.2, 0.25) is 0 Å². The van der Waals surface area contributed by atoms with E-state index in [2.05, 4.69) is 6.08 Å². The molecule has 0 nitrogen and oxygen atoms in total. The first-order valence-electron chi connectivity index (χ1n) is 7.13. The zero-order chi connectivity index (χ0) is 10.3. The van der Waals surface area contributed by atoms with Crippen molar-refractivity contribution >= 4 is 0 Å². The molecule has 0 heteroatoms. The van der Waals surface area contributed by atoms with E-state index in [1.54, 1.807) is 5.57 Å². The van der Waals surface area contributed by atoms with Crippen molar-refractivity contribution < 1.29 is 0 Å². The first kappa shape index (κ1) is 11.2. The van der Waals surface area contributed by atoms with Crippen LogP contribution in [0.15, 0.2) is 11.6 Å². The van der Waals surface area contributed by atoms with Crippen LogP contribution in [0.4, 0.5) is 0 Å². The fourth-order valence-electron chi connectivity index (χ4n) is 3.22. The molecule has 2 bridgehead atoms. The highest BCUT2D eigenvalue weighted by Crippen LogP contribution is 2.29. The quantitative estimate of drug-likeness (QED) is 0.476. The van der Waals surface area contributed by atoms with Crippen molar-refractivity contribution in [2.75, 3.05) is 0 Å². The molecule has 0 saturated heterocycles. The van der Waals surface area contributed by atoms with Crippen LogP contribution in [0.3, 0.4) is 0 Å². The molecular weight excluding hydrogens is 180 g/mol. The number of hydrogen-bond donors (Lipinski definition) is 0. The van der Waals surface area contributed by atoms with E-state index in [4.69, 9.17) is 0 Å². The molecule has 3 rings (SSSR count). The van der Waals surface area contributed by atoms with Gasteiger partial charge in [0.25, 0.3) is 0 Å². The van der Waals surface area contributed by atoms with Crippen LogP contribution in [-0.4, -0.2) is 0 Å². The Morgan fingerprint density at radius 2 is 1.33 bits per heavy atom. The van der Waals surface area contributed by atoms with Crippen molar-refractivity contribution in [1.29, 1.82) is 0 Å². The molecule has 1 fully saturated rings. The molecule has 0 aromatic carbocycles. The summed E-state index contributed by atoms with van der Waals surface area (Å²) < 4.78 is 0. The maximum atomic E-state index is 2.58. The van der Waals surface area contributed by atoms with E-state index in [1.165, 1.54) is 77.0 Å². The lowest BCUT2D eigenvalue weighted by Gasteiger charge is -2.18. The highest BCUT2D eigenvalue weighted by Gasteiger charge is 2.12. The van der Waals surface area contributed by atoms with Crippen molar-refractivity contribution in [1.82, 2.24) is 0 Å². The Hall–Kier alpha value is -0.260. The predicted octanol–water partition coefficient (Wildman–Crippen LogP) is 5.24. The second-order valence-electron chi connectivity index (χ2n) is 5.50. The minimum atomic E-state index is 1.07. The summed E-state index contributed by atoms with van der Waals surface area (Å²) in [5, 5.41) is 0. The second kappa shape index (κ2) is 6.35. The molecule has 0 amide bonds. The Kier molecular flexibility index (Phi) is 4.76. The van der Waals surface area contributed by atoms with Crippen LogP contribution in [0.1, 0.15) is 77.0 Å². The Balaban J connectivity index is 2.00. The van der Waals surface area contributed by atoms with Gasteiger partial charge in [0.2, 0.25) is 0 Å². The maximum absolute atomic E-state index is 2.58. The van der Waals surface area contributed by atoms with Gasteiger partial charge in [-0.15, -0.1) is 0 Å². The molecule has 0 aliphatic heterocycles. The largest absolute Gasteiger partial charge is 0.0853 e. The van der Waals surface area contributed by atoms with E-state index in [1.807, 2.05) is 0 Å². The summed E-state index contributed by atoms with van der Waals surface area (Å²) in [4.78, 5) is 0. The fraction of sp³-hybridized carbons (Fsp3) is 0.867. The normalized spacial score (nSPS) is 29.9. The summed E-state index contributed by atoms with van der Waals surface area (Å²) in [6.45, 7) is 0. The topological polar surface area (TPSA) is 0 Å². The summed E-state index contributed by atoms with van der Waals surface area (Å²) >= 11 is 0. The maximum Gasteiger partial charge on any atom is -0.0320 e. The lowest BCUT2D eigenvalue weighted by Crippen LogP contribution is -2.02. The molecule has 0 heterocycles. The van der Waals surface area contributed by atoms with Crippen molar-refractivity contribution in [3.63, 3.8) is 0 Å². The number of fused-ring (bicyclic) bond motifs is 10. The summed E-state index contributed by atoms with van der Waals surface area (Å²) in [6.07, 6.45) is 20.1. The molecule has 0 atom stereocenters. The van der Waals surface area contributed by atoms with Crippen molar-refractivity contribution in [3.8, 4) is 0 Å². The molecule has 15 heavy (non-hydrogen) atoms. The van der Waals surface area contributed by atoms with Gasteiger partial charge < -0.3 is 0 Å². The third-order valence-corrected chi connectivity index (χ3v) is 4.22. The van der Waals surface area contributed by atoms with Gasteiger partial charge in [0.1, 0.15) is 0 Å². The molecular formula is C15H26. The number of rotatable bonds is 0. The van der Waals surface area contributed by atoms with E-state index in [9.17, 15) is 0 Å². The highest BCUT2D eigenvalue weighted by atomic mass is 14.2. The van der Waals surface area contributed by atoms with E-state index < -0.39 is 0 Å². The van der Waals surface area contributed by atoms with Crippen molar-refractivity contribution in [3.05, 3.63) is 11.6 Å². The van der Waals surface area contributed by atoms with E-state index >= 15 is 0 Å². The average Bonchev–Trinajstić information content (AvgIpc) is 2.34. The van der Waals surface area contributed by atoms with Crippen molar-refractivity contribution in [2.24, 2.45) is 5.92 Å². The van der Waals surface area contributed by atoms with Gasteiger partial charge in [-0.2, -0.15) is 0 Å². The first-order chi connectivity index (χ1) is 7.45. The Morgan fingerprint density at radius 3 is 2.00 bits per heavy atom. The van der Waals surface area contributed by atoms with Gasteiger partial charge >= 0.3 is 0 Å². The van der Waals surface area contributed by atoms with Gasteiger partial charge in [0.05, 0.1) is 0 Å². The van der Waals surface area contributed by atoms with Gasteiger partial charge in [-0.25, -0.2) is 0 Å². The predicted molar refractivity (Wildman–Crippen MR) is 67.0 cm³/mol. The van der Waals surface area contributed by atoms with Gasteiger partial charge in [-0.3, -0.25) is 0 Å². The summed E-state index contributed by atoms with van der Waals surface area (Å²) in [6, 6.07) is 0. The molecule has 0 spiro atoms. The Bertz CT molecular complexity index is 185. The van der Waals surface area contributed by atoms with Crippen LogP contribution in [0, 0.1) is 5.92 Å². The molecule has 0 unspecified atom stereocenters. The summed E-state index contributed by atoms with van der Waals surface area (Å²) in [5.41, 5.74) is 1.79. The molecule has 1 saturated carbocycles. The zero-order valence-electron chi connectivity index (χ0n) is 10.1. The monoisotopic (exact) mass is 206 g/mol. The van der Waals surface area contributed by atoms with Crippen LogP contribution in [0.5, 0.6) is 0 Å². The highest BCUT2D eigenvalue weighted by molar-refractivity contribution is 5.02. The lowest BCUT2D eigenvalue weighted by atomic mass is 9.88. The lowest BCUT2D eigenvalue weighted by molar-refractivity contribution is 0.372. The first-order valence-corrected chi connectivity index (χ1v) is 7.13. The van der Waals surface area contributed by atoms with E-state index in [0.29, 0.717) is 0 Å². The van der Waals surface area contributed by atoms with Crippen LogP contribution < -0.4 is 0 Å². The van der Waals surface area contributed by atoms with Crippen molar-refractivity contribution in [2.45, 2.75) is 77.0 Å². The van der Waals surface area contributed by atoms with Gasteiger partial charge in [0, 0.05) is 0 Å². The average molecular weight is 206 g/mol. The minimum absolute atomic E-state index is 1.07. The smallest absolute Gasteiger partial charge is 0.0320 e. The minimum Gasteiger partial charge on any atom is -0.0853 e. The third-order valence-electron chi connectivity index (χ3n) is 4.22. The van der Waals surface area contributed by atoms with Gasteiger partial charge in [-0.1, -0.05) is 50.2 Å². The Morgan fingerprint density at radius 1 is 0.733 bits per heavy atom. The van der Waals surface area contributed by atoms with E-state index in [0.717, 1.165) is 5.92 Å². The molecule has 3 aliphatic carbocycles. The molecule has 0 N–H and O–H groups in total. The standard InChI is InChI=1S/C15H26/c1-2-8-14-10-4-6-12-15(9-3-1)13-7-5-11-14/h8,15H,1-7,9-13H2. The zero-order valence-corrected chi connectivity index (χ0v) is 10.1. The van der Waals surface area contributed by atoms with E-state index in [-0.39, 0.29) is 0 Å². The van der Waals surface area contributed by atoms with Gasteiger partial charge in [0.15, 0.2) is 0 Å². The molecule has 0 aromatic heterocycles. The van der Waals surface area contributed by atoms with Crippen LogP contribution in [0.25, 0.3) is 0 Å². The molecule has 0 aromatic rings. The second-order valence-corrected chi connectivity index (χ2v) is 5.50. The fourth-order valence-corrected chi connectivity index (χ4v) is 3.22. The van der Waals surface area contributed by atoms with Crippen LogP contribution in [-0.2, 0) is 0 Å². The Labute approximate surface area is 95.1 Å². The molecule has 3 aliphatic rings. The summed E-state index contributed by atoms with van der Waals surface area (Å²) in [5.74, 6) is 1.07. The number of allylic oxidation sites excluding steroid dienone is 2.